The van der Waals surface area contributed by atoms with Crippen molar-refractivity contribution < 1.29 is 18.7 Å². The van der Waals surface area contributed by atoms with Gasteiger partial charge in [-0.25, -0.2) is 8.78 Å². The summed E-state index contributed by atoms with van der Waals surface area (Å²) in [5.74, 6) is -2.13. The maximum atomic E-state index is 14.7. The fourth-order valence-corrected chi connectivity index (χ4v) is 5.43. The fourth-order valence-electron chi connectivity index (χ4n) is 5.43. The van der Waals surface area contributed by atoms with Crippen LogP contribution in [0, 0.1) is 23.5 Å². The van der Waals surface area contributed by atoms with Crippen LogP contribution in [0.15, 0.2) is 48.5 Å². The van der Waals surface area contributed by atoms with Crippen LogP contribution in [0.4, 0.5) is 8.78 Å². The van der Waals surface area contributed by atoms with E-state index in [1.165, 1.54) is 12.1 Å². The molecule has 2 saturated heterocycles. The van der Waals surface area contributed by atoms with E-state index >= 15 is 0 Å². The van der Waals surface area contributed by atoms with Crippen molar-refractivity contribution in [1.82, 2.24) is 9.80 Å². The molecule has 4 rings (SSSR count). The second-order valence-electron chi connectivity index (χ2n) is 10.7. The first-order chi connectivity index (χ1) is 15.5. The Balaban J connectivity index is 0.00000324. The van der Waals surface area contributed by atoms with E-state index in [4.69, 9.17) is 0 Å². The van der Waals surface area contributed by atoms with Crippen LogP contribution in [0.25, 0.3) is 0 Å². The van der Waals surface area contributed by atoms with E-state index in [1.807, 2.05) is 42.2 Å². The first kappa shape index (κ1) is 26.6. The van der Waals surface area contributed by atoms with Crippen molar-refractivity contribution in [2.75, 3.05) is 26.2 Å². The lowest BCUT2D eigenvalue weighted by molar-refractivity contribution is -0.144. The van der Waals surface area contributed by atoms with Crippen LogP contribution >= 0.6 is 12.4 Å². The topological polar surface area (TPSA) is 43.8 Å². The Kier molecular flexibility index (Phi) is 7.76. The van der Waals surface area contributed by atoms with Crippen molar-refractivity contribution in [2.24, 2.45) is 11.8 Å². The molecule has 4 atom stereocenters. The lowest BCUT2D eigenvalue weighted by Crippen LogP contribution is -2.52. The Bertz CT molecular complexity index is 1010. The Morgan fingerprint density at radius 3 is 2.32 bits per heavy atom. The highest BCUT2D eigenvalue weighted by atomic mass is 35.5. The van der Waals surface area contributed by atoms with E-state index in [0.29, 0.717) is 38.2 Å². The van der Waals surface area contributed by atoms with E-state index in [0.717, 1.165) is 11.6 Å². The van der Waals surface area contributed by atoms with Crippen molar-refractivity contribution in [2.45, 2.75) is 51.2 Å². The zero-order valence-corrected chi connectivity index (χ0v) is 21.1. The van der Waals surface area contributed by atoms with E-state index in [9.17, 15) is 18.7 Å². The maximum Gasteiger partial charge on any atom is 0.227 e. The number of hydrogen-bond donors (Lipinski definition) is 1. The Morgan fingerprint density at radius 2 is 1.74 bits per heavy atom. The third-order valence-electron chi connectivity index (χ3n) is 7.61. The van der Waals surface area contributed by atoms with Crippen LogP contribution in [0.2, 0.25) is 0 Å². The summed E-state index contributed by atoms with van der Waals surface area (Å²) in [6, 6.07) is 13.3. The molecule has 2 aliphatic heterocycles. The number of piperidine rings is 1. The highest BCUT2D eigenvalue weighted by molar-refractivity contribution is 5.85. The van der Waals surface area contributed by atoms with Gasteiger partial charge in [0.05, 0.1) is 11.5 Å². The molecule has 0 unspecified atom stereocenters. The summed E-state index contributed by atoms with van der Waals surface area (Å²) in [6.07, 6.45) is 0.454. The van der Waals surface area contributed by atoms with Crippen LogP contribution < -0.4 is 0 Å². The Morgan fingerprint density at radius 1 is 1.06 bits per heavy atom. The highest BCUT2D eigenvalue weighted by Gasteiger charge is 2.47. The minimum absolute atomic E-state index is 0. The number of likely N-dealkylation sites (tertiary alicyclic amines) is 2. The Hall–Kier alpha value is -2.02. The summed E-state index contributed by atoms with van der Waals surface area (Å²) in [5.41, 5.74) is 0.114. The number of amides is 1. The van der Waals surface area contributed by atoms with Crippen molar-refractivity contribution >= 4 is 18.3 Å². The average Bonchev–Trinajstić information content (AvgIpc) is 3.21. The van der Waals surface area contributed by atoms with E-state index in [2.05, 4.69) is 25.7 Å². The van der Waals surface area contributed by atoms with Crippen molar-refractivity contribution in [3.05, 3.63) is 71.3 Å². The summed E-state index contributed by atoms with van der Waals surface area (Å²) >= 11 is 0. The van der Waals surface area contributed by atoms with Gasteiger partial charge < -0.3 is 10.0 Å². The number of rotatable bonds is 3. The molecule has 2 aliphatic rings. The van der Waals surface area contributed by atoms with Gasteiger partial charge in [-0.15, -0.1) is 12.4 Å². The van der Waals surface area contributed by atoms with Gasteiger partial charge in [0.2, 0.25) is 5.91 Å². The number of carbonyl (C=O) groups is 1. The second-order valence-corrected chi connectivity index (χ2v) is 10.7. The number of nitrogens with zero attached hydrogens (tertiary/aromatic N) is 2. The summed E-state index contributed by atoms with van der Waals surface area (Å²) < 4.78 is 28.3. The van der Waals surface area contributed by atoms with Gasteiger partial charge in [-0.05, 0) is 44.4 Å². The molecule has 4 nitrogen and oxygen atoms in total. The van der Waals surface area contributed by atoms with Crippen LogP contribution in [0.3, 0.4) is 0 Å². The molecule has 1 amide bonds. The number of benzene rings is 2. The molecule has 2 aromatic carbocycles. The first-order valence-corrected chi connectivity index (χ1v) is 11.8. The predicted octanol–water partition coefficient (Wildman–Crippen LogP) is 4.96. The summed E-state index contributed by atoms with van der Waals surface area (Å²) in [4.78, 5) is 17.8. The van der Waals surface area contributed by atoms with Crippen molar-refractivity contribution in [3.63, 3.8) is 0 Å². The van der Waals surface area contributed by atoms with Gasteiger partial charge in [0, 0.05) is 49.6 Å². The van der Waals surface area contributed by atoms with Crippen LogP contribution in [0.1, 0.15) is 51.2 Å². The number of carbonyl (C=O) groups excluding carboxylic acids is 1. The molecule has 7 heteroatoms. The van der Waals surface area contributed by atoms with Gasteiger partial charge in [0.25, 0.3) is 0 Å². The SMILES string of the molecule is C[C@H]1CN(C(=O)[C@@H]2CN(C(C)(C)C)C[C@H]2c2ccc(F)cc2F)CC[C@]1(O)c1ccccc1.Cl. The molecule has 0 radical (unpaired) electrons. The minimum atomic E-state index is -0.979. The van der Waals surface area contributed by atoms with E-state index in [-0.39, 0.29) is 35.7 Å². The van der Waals surface area contributed by atoms with Crippen LogP contribution in [0.5, 0.6) is 0 Å². The van der Waals surface area contributed by atoms with Gasteiger partial charge in [-0.1, -0.05) is 43.3 Å². The molecular formula is C27H35ClF2N2O2. The van der Waals surface area contributed by atoms with Crippen molar-refractivity contribution in [1.29, 1.82) is 0 Å². The smallest absolute Gasteiger partial charge is 0.227 e. The lowest BCUT2D eigenvalue weighted by atomic mass is 9.76. The van der Waals surface area contributed by atoms with Gasteiger partial charge >= 0.3 is 0 Å². The molecule has 0 aromatic heterocycles. The molecule has 186 valence electrons. The number of aliphatic hydroxyl groups is 1. The maximum absolute atomic E-state index is 14.7. The largest absolute Gasteiger partial charge is 0.385 e. The molecule has 0 bridgehead atoms. The molecule has 2 heterocycles. The third-order valence-corrected chi connectivity index (χ3v) is 7.61. The predicted molar refractivity (Wildman–Crippen MR) is 132 cm³/mol. The van der Waals surface area contributed by atoms with Gasteiger partial charge in [0.1, 0.15) is 11.6 Å². The normalized spacial score (nSPS) is 28.0. The van der Waals surface area contributed by atoms with E-state index in [1.54, 1.807) is 0 Å². The number of hydrogen-bond acceptors (Lipinski definition) is 3. The quantitative estimate of drug-likeness (QED) is 0.658. The van der Waals surface area contributed by atoms with Gasteiger partial charge in [-0.3, -0.25) is 9.69 Å². The monoisotopic (exact) mass is 492 g/mol. The van der Waals surface area contributed by atoms with Gasteiger partial charge in [0.15, 0.2) is 0 Å². The van der Waals surface area contributed by atoms with Crippen LogP contribution in [-0.2, 0) is 10.4 Å². The molecule has 0 spiro atoms. The van der Waals surface area contributed by atoms with E-state index < -0.39 is 23.2 Å². The first-order valence-electron chi connectivity index (χ1n) is 11.8. The molecule has 2 aromatic rings. The average molecular weight is 493 g/mol. The molecule has 0 saturated carbocycles. The standard InChI is InChI=1S/C27H34F2N2O2.ClH/c1-18-15-30(13-12-27(18,33)19-8-6-5-7-9-19)25(32)23-17-31(26(2,3)4)16-22(23)21-11-10-20(28)14-24(21)29;/h5-11,14,18,22-23,33H,12-13,15-17H2,1-4H3;1H/t18-,22-,23+,27+;/m0./s1. The summed E-state index contributed by atoms with van der Waals surface area (Å²) in [6.45, 7) is 10.2. The van der Waals surface area contributed by atoms with Crippen molar-refractivity contribution in [3.8, 4) is 0 Å². The molecule has 0 aliphatic carbocycles. The second kappa shape index (κ2) is 9.92. The zero-order chi connectivity index (χ0) is 24.0. The number of halogens is 3. The fraction of sp³-hybridized carbons (Fsp3) is 0.519. The molecular weight excluding hydrogens is 458 g/mol. The highest BCUT2D eigenvalue weighted by Crippen LogP contribution is 2.41. The van der Waals surface area contributed by atoms with Crippen LogP contribution in [-0.4, -0.2) is 52.5 Å². The summed E-state index contributed by atoms with van der Waals surface area (Å²) in [5, 5.41) is 11.4. The minimum Gasteiger partial charge on any atom is -0.385 e. The molecule has 1 N–H and O–H groups in total. The molecule has 34 heavy (non-hydrogen) atoms. The lowest BCUT2D eigenvalue weighted by Gasteiger charge is -2.44. The Labute approximate surface area is 207 Å². The zero-order valence-electron chi connectivity index (χ0n) is 20.3. The third kappa shape index (κ3) is 5.00. The van der Waals surface area contributed by atoms with Gasteiger partial charge in [-0.2, -0.15) is 0 Å². The molecule has 2 fully saturated rings. The summed E-state index contributed by atoms with van der Waals surface area (Å²) in [7, 11) is 0.